The first-order valence-corrected chi connectivity index (χ1v) is 29.5. The average Bonchev–Trinajstić information content (AvgIpc) is 1.60. The quantitative estimate of drug-likeness (QED) is 0.140. The van der Waals surface area contributed by atoms with Gasteiger partial charge in [0.1, 0.15) is 0 Å². The summed E-state index contributed by atoms with van der Waals surface area (Å²) in [6.45, 7) is 7.58. The summed E-state index contributed by atoms with van der Waals surface area (Å²) in [6, 6.07) is 49.0. The van der Waals surface area contributed by atoms with Crippen LogP contribution < -0.4 is 0 Å². The molecule has 13 rings (SSSR count). The summed E-state index contributed by atoms with van der Waals surface area (Å²) < 4.78 is 224. The first kappa shape index (κ1) is 63.2. The number of benzene rings is 11. The average molecular weight is 1300 g/mol. The zero-order valence-corrected chi connectivity index (χ0v) is 50.6. The molecule has 2 aromatic heterocycles. The van der Waals surface area contributed by atoms with Gasteiger partial charge in [0.15, 0.2) is 0 Å². The first-order valence-electron chi connectivity index (χ1n) is 29.5. The van der Waals surface area contributed by atoms with Gasteiger partial charge in [-0.25, -0.2) is 0 Å². The zero-order chi connectivity index (χ0) is 67.7. The molecule has 0 saturated carbocycles. The van der Waals surface area contributed by atoms with Gasteiger partial charge in [-0.15, -0.1) is 0 Å². The highest BCUT2D eigenvalue weighted by atomic mass is 19.4. The van der Waals surface area contributed by atoms with E-state index in [1.54, 1.807) is 81.9 Å². The fourth-order valence-corrected chi connectivity index (χ4v) is 13.3. The minimum absolute atomic E-state index is 0.0617. The van der Waals surface area contributed by atoms with Gasteiger partial charge < -0.3 is 9.13 Å². The van der Waals surface area contributed by atoms with Gasteiger partial charge in [-0.1, -0.05) is 90.0 Å². The summed E-state index contributed by atoms with van der Waals surface area (Å²) in [5.41, 5.74) is 0.845. The van der Waals surface area contributed by atoms with Crippen molar-refractivity contribution in [3.05, 3.63) is 261 Å². The molecule has 0 saturated heterocycles. The molecule has 13 aromatic rings. The molecular weight excluding hydrogens is 1250 g/mol. The van der Waals surface area contributed by atoms with E-state index in [2.05, 4.69) is 6.07 Å². The molecule has 11 aromatic carbocycles. The molecule has 0 N–H and O–H groups in total. The lowest BCUT2D eigenvalue weighted by Gasteiger charge is -2.22. The van der Waals surface area contributed by atoms with Crippen molar-refractivity contribution in [2.24, 2.45) is 0 Å². The Morgan fingerprint density at radius 1 is 0.295 bits per heavy atom. The lowest BCUT2D eigenvalue weighted by atomic mass is 9.90. The molecule has 0 aliphatic heterocycles. The first-order chi connectivity index (χ1) is 44.8. The predicted molar refractivity (Wildman–Crippen MR) is 341 cm³/mol. The van der Waals surface area contributed by atoms with E-state index in [9.17, 15) is 57.9 Å². The molecule has 0 amide bonds. The number of rotatable bonds is 8. The Balaban J connectivity index is 1.14. The lowest BCUT2D eigenvalue weighted by Crippen LogP contribution is -2.08. The number of fused-ring (bicyclic) bond motifs is 6. The number of aromatic nitrogens is 2. The van der Waals surface area contributed by atoms with Gasteiger partial charge in [-0.05, 0) is 228 Å². The Labute approximate surface area is 532 Å². The molecule has 0 aliphatic rings. The van der Waals surface area contributed by atoms with Crippen molar-refractivity contribution < 1.29 is 65.9 Å². The molecule has 0 unspecified atom stereocenters. The Kier molecular flexibility index (Phi) is 15.0. The molecule has 2 heterocycles. The van der Waals surface area contributed by atoms with Crippen LogP contribution in [0.4, 0.5) is 65.9 Å². The number of hydrogen-bond acceptors (Lipinski definition) is 1. The number of hydrogen-bond donors (Lipinski definition) is 0. The van der Waals surface area contributed by atoms with Crippen LogP contribution in [0.2, 0.25) is 0 Å². The van der Waals surface area contributed by atoms with Crippen molar-refractivity contribution in [2.45, 2.75) is 65.5 Å². The normalized spacial score (nSPS) is 12.6. The fraction of sp³-hybridized carbons (Fsp3) is 0.130. The molecule has 0 radical (unpaired) electrons. The molecular formula is C77H48F15N3. The second kappa shape index (κ2) is 22.6. The maximum atomic E-state index is 15.4. The van der Waals surface area contributed by atoms with Crippen LogP contribution in [0, 0.1) is 45.9 Å². The molecule has 0 fully saturated rings. The SMILES string of the molecule is Cc1ccc(-c2ccc3c(c2)c2cc(-c4ccc(C(F)(F)F)cc4C)ccc2n3-c2ccc(C#N)cc2-c2cc(-c3c(C)cccc3C(F)(F)F)ccc2-n2c3ccc(-c4ccc(C(F)(F)F)cc4C)cc3c3cc(-c4ccc(C)cc4C(F)(F)F)ccc32)c(C(F)(F)F)c1. The topological polar surface area (TPSA) is 33.6 Å². The maximum absolute atomic E-state index is 15.4. The summed E-state index contributed by atoms with van der Waals surface area (Å²) in [7, 11) is 0. The van der Waals surface area contributed by atoms with Gasteiger partial charge in [-0.2, -0.15) is 71.1 Å². The lowest BCUT2D eigenvalue weighted by molar-refractivity contribution is -0.138. The van der Waals surface area contributed by atoms with E-state index >= 15 is 13.2 Å². The summed E-state index contributed by atoms with van der Waals surface area (Å²) in [5, 5.41) is 12.4. The van der Waals surface area contributed by atoms with Gasteiger partial charge in [0, 0.05) is 32.7 Å². The molecule has 18 heteroatoms. The second-order valence-corrected chi connectivity index (χ2v) is 23.8. The van der Waals surface area contributed by atoms with E-state index in [0.29, 0.717) is 77.0 Å². The summed E-state index contributed by atoms with van der Waals surface area (Å²) in [5.74, 6) is 0. The third kappa shape index (κ3) is 11.3. The number of aryl methyl sites for hydroxylation is 5. The fourth-order valence-electron chi connectivity index (χ4n) is 13.3. The summed E-state index contributed by atoms with van der Waals surface area (Å²) in [6.07, 6.45) is -23.8. The zero-order valence-electron chi connectivity index (χ0n) is 50.6. The summed E-state index contributed by atoms with van der Waals surface area (Å²) in [4.78, 5) is 0. The van der Waals surface area contributed by atoms with Crippen molar-refractivity contribution in [1.29, 1.82) is 5.26 Å². The van der Waals surface area contributed by atoms with Crippen molar-refractivity contribution in [3.63, 3.8) is 0 Å². The van der Waals surface area contributed by atoms with E-state index in [0.717, 1.165) is 42.5 Å². The highest BCUT2D eigenvalue weighted by Gasteiger charge is 2.38. The van der Waals surface area contributed by atoms with Gasteiger partial charge in [0.2, 0.25) is 0 Å². The molecule has 0 spiro atoms. The van der Waals surface area contributed by atoms with Crippen LogP contribution in [0.1, 0.15) is 61.2 Å². The highest BCUT2D eigenvalue weighted by Crippen LogP contribution is 2.49. The second-order valence-electron chi connectivity index (χ2n) is 23.8. The van der Waals surface area contributed by atoms with Crippen LogP contribution in [0.15, 0.2) is 200 Å². The number of alkyl halides is 15. The van der Waals surface area contributed by atoms with Crippen LogP contribution >= 0.6 is 0 Å². The molecule has 3 nitrogen and oxygen atoms in total. The van der Waals surface area contributed by atoms with E-state index in [-0.39, 0.29) is 78.1 Å². The van der Waals surface area contributed by atoms with Crippen molar-refractivity contribution in [1.82, 2.24) is 9.13 Å². The molecule has 0 bridgehead atoms. The van der Waals surface area contributed by atoms with Crippen LogP contribution in [0.25, 0.3) is 122 Å². The minimum Gasteiger partial charge on any atom is -0.309 e. The minimum atomic E-state index is -4.89. The monoisotopic (exact) mass is 1300 g/mol. The molecule has 95 heavy (non-hydrogen) atoms. The summed E-state index contributed by atoms with van der Waals surface area (Å²) >= 11 is 0. The predicted octanol–water partition coefficient (Wildman–Crippen LogP) is 24.4. The highest BCUT2D eigenvalue weighted by molar-refractivity contribution is 6.14. The third-order valence-electron chi connectivity index (χ3n) is 17.6. The van der Waals surface area contributed by atoms with Gasteiger partial charge in [0.05, 0.1) is 72.9 Å². The van der Waals surface area contributed by atoms with Crippen LogP contribution in [0.5, 0.6) is 0 Å². The van der Waals surface area contributed by atoms with E-state index in [1.165, 1.54) is 120 Å². The maximum Gasteiger partial charge on any atom is 0.417 e. The van der Waals surface area contributed by atoms with Crippen LogP contribution in [-0.4, -0.2) is 9.13 Å². The van der Waals surface area contributed by atoms with Gasteiger partial charge in [0.25, 0.3) is 0 Å². The Morgan fingerprint density at radius 3 is 1.04 bits per heavy atom. The van der Waals surface area contributed by atoms with E-state index in [4.69, 9.17) is 0 Å². The Morgan fingerprint density at radius 2 is 0.663 bits per heavy atom. The van der Waals surface area contributed by atoms with Gasteiger partial charge >= 0.3 is 30.9 Å². The van der Waals surface area contributed by atoms with E-state index < -0.39 is 58.7 Å². The standard InChI is InChI=1S/C77H48F15N3/c1-40-9-19-55(64(29-40)76(87,88)89)48-14-26-69-60(36-48)58-34-46(53-21-17-51(31-43(53)4)73(78,79)80)12-24-67(58)94(69)66-23-11-45(39-93)33-57(66)62-38-50(72-42(3)7-6-8-63(72)75(84,85)86)16-28-71(62)95-68-25-13-47(54-22-18-52(32-44(54)5)74(81,82)83)35-59(68)61-37-49(15-27-70(61)95)56-20-10-41(2)30-65(56)77(90,91)92/h6-38H,1-5H3. The number of nitrogens with zero attached hydrogens (tertiary/aromatic N) is 3. The van der Waals surface area contributed by atoms with Crippen molar-refractivity contribution >= 4 is 43.6 Å². The van der Waals surface area contributed by atoms with Gasteiger partial charge in [-0.3, -0.25) is 0 Å². The molecule has 0 atom stereocenters. The third-order valence-corrected chi connectivity index (χ3v) is 17.6. The van der Waals surface area contributed by atoms with Crippen molar-refractivity contribution in [3.8, 4) is 84.2 Å². The number of nitriles is 1. The molecule has 476 valence electrons. The largest absolute Gasteiger partial charge is 0.417 e. The van der Waals surface area contributed by atoms with E-state index in [1.807, 2.05) is 0 Å². The molecule has 0 aliphatic carbocycles. The Bertz CT molecular complexity index is 5370. The van der Waals surface area contributed by atoms with Crippen LogP contribution in [0.3, 0.4) is 0 Å². The Hall–Kier alpha value is -10.5. The van der Waals surface area contributed by atoms with Crippen molar-refractivity contribution in [2.75, 3.05) is 0 Å². The van der Waals surface area contributed by atoms with Crippen LogP contribution in [-0.2, 0) is 30.9 Å². The smallest absolute Gasteiger partial charge is 0.309 e. The number of halogens is 15.